The molecule has 4 nitrogen and oxygen atoms in total. The van der Waals surface area contributed by atoms with Gasteiger partial charge in [0, 0.05) is 25.3 Å². The molecule has 2 aromatic carbocycles. The third-order valence-electron chi connectivity index (χ3n) is 3.78. The van der Waals surface area contributed by atoms with Crippen molar-refractivity contribution < 1.29 is 9.18 Å². The van der Waals surface area contributed by atoms with Crippen LogP contribution >= 0.6 is 0 Å². The van der Waals surface area contributed by atoms with Crippen LogP contribution in [0.25, 0.3) is 0 Å². The van der Waals surface area contributed by atoms with Crippen molar-refractivity contribution in [1.82, 2.24) is 0 Å². The largest absolute Gasteiger partial charge is 0.377 e. The number of carbonyl (C=O) groups is 1. The second-order valence-electron chi connectivity index (χ2n) is 5.29. The van der Waals surface area contributed by atoms with Gasteiger partial charge in [-0.25, -0.2) is 4.39 Å². The maximum atomic E-state index is 14.1. The molecule has 1 atom stereocenters. The van der Waals surface area contributed by atoms with Crippen LogP contribution in [0.5, 0.6) is 0 Å². The summed E-state index contributed by atoms with van der Waals surface area (Å²) in [7, 11) is 3.66. The Morgan fingerprint density at radius 3 is 2.55 bits per heavy atom. The summed E-state index contributed by atoms with van der Waals surface area (Å²) >= 11 is 0. The van der Waals surface area contributed by atoms with Crippen LogP contribution < -0.4 is 9.80 Å². The van der Waals surface area contributed by atoms with Crippen LogP contribution in [-0.4, -0.2) is 20.0 Å². The minimum absolute atomic E-state index is 0.125. The molecule has 22 heavy (non-hydrogen) atoms. The Morgan fingerprint density at radius 1 is 1.18 bits per heavy atom. The zero-order valence-electron chi connectivity index (χ0n) is 12.2. The molecule has 0 aliphatic carbocycles. The van der Waals surface area contributed by atoms with E-state index in [2.05, 4.69) is 6.07 Å². The summed E-state index contributed by atoms with van der Waals surface area (Å²) in [6, 6.07) is 12.7. The van der Waals surface area contributed by atoms with E-state index in [9.17, 15) is 14.4 Å². The molecule has 0 bridgehead atoms. The quantitative estimate of drug-likeness (QED) is 0.855. The number of hydrogen-bond donors (Lipinski definition) is 0. The molecule has 1 heterocycles. The maximum absolute atomic E-state index is 14.1. The normalized spacial score (nSPS) is 16.4. The summed E-state index contributed by atoms with van der Waals surface area (Å²) in [5.74, 6) is -0.869. The van der Waals surface area contributed by atoms with E-state index in [0.717, 1.165) is 5.69 Å². The first kappa shape index (κ1) is 14.1. The van der Waals surface area contributed by atoms with Gasteiger partial charge in [-0.15, -0.1) is 0 Å². The van der Waals surface area contributed by atoms with Gasteiger partial charge in [0.15, 0.2) is 6.04 Å². The minimum atomic E-state index is -0.820. The van der Waals surface area contributed by atoms with Crippen molar-refractivity contribution in [3.05, 3.63) is 59.4 Å². The fourth-order valence-electron chi connectivity index (χ4n) is 2.79. The lowest BCUT2D eigenvalue weighted by Crippen LogP contribution is -2.28. The molecule has 0 saturated carbocycles. The molecule has 1 aliphatic heterocycles. The molecule has 1 amide bonds. The van der Waals surface area contributed by atoms with Gasteiger partial charge < -0.3 is 4.90 Å². The number of amides is 1. The summed E-state index contributed by atoms with van der Waals surface area (Å²) in [6.45, 7) is 0. The van der Waals surface area contributed by atoms with E-state index in [4.69, 9.17) is 0 Å². The van der Waals surface area contributed by atoms with E-state index in [1.807, 2.05) is 25.1 Å². The van der Waals surface area contributed by atoms with Crippen molar-refractivity contribution in [2.45, 2.75) is 6.04 Å². The Bertz CT molecular complexity index is 795. The summed E-state index contributed by atoms with van der Waals surface area (Å²) in [6.07, 6.45) is 0. The lowest BCUT2D eigenvalue weighted by molar-refractivity contribution is 0.0994. The highest BCUT2D eigenvalue weighted by Crippen LogP contribution is 2.41. The number of carbonyl (C=O) groups excluding carboxylic acids is 1. The molecule has 0 N–H and O–H groups in total. The van der Waals surface area contributed by atoms with Crippen molar-refractivity contribution in [2.75, 3.05) is 23.9 Å². The number of para-hydroxylation sites is 1. The Hall–Kier alpha value is -2.87. The fraction of sp³-hybridized carbons (Fsp3) is 0.176. The van der Waals surface area contributed by atoms with Crippen LogP contribution in [0.3, 0.4) is 0 Å². The van der Waals surface area contributed by atoms with Crippen molar-refractivity contribution >= 4 is 17.3 Å². The molecule has 110 valence electrons. The Balaban J connectivity index is 2.21. The van der Waals surface area contributed by atoms with Crippen LogP contribution in [0.15, 0.2) is 42.5 Å². The monoisotopic (exact) mass is 295 g/mol. The van der Waals surface area contributed by atoms with E-state index in [1.54, 1.807) is 24.3 Å². The Labute approximate surface area is 128 Å². The average Bonchev–Trinajstić information content (AvgIpc) is 2.80. The molecule has 0 saturated heterocycles. The topological polar surface area (TPSA) is 47.3 Å². The summed E-state index contributed by atoms with van der Waals surface area (Å²) < 4.78 is 14.1. The highest BCUT2D eigenvalue weighted by Gasteiger charge is 2.40. The van der Waals surface area contributed by atoms with Crippen LogP contribution in [0, 0.1) is 17.1 Å². The number of nitriles is 1. The fourth-order valence-corrected chi connectivity index (χ4v) is 2.79. The van der Waals surface area contributed by atoms with Crippen molar-refractivity contribution in [2.24, 2.45) is 0 Å². The van der Waals surface area contributed by atoms with E-state index < -0.39 is 11.9 Å². The molecular weight excluding hydrogens is 281 g/mol. The highest BCUT2D eigenvalue weighted by atomic mass is 19.1. The van der Waals surface area contributed by atoms with Crippen molar-refractivity contribution in [1.29, 1.82) is 5.26 Å². The van der Waals surface area contributed by atoms with E-state index in [-0.39, 0.29) is 11.6 Å². The zero-order valence-corrected chi connectivity index (χ0v) is 12.2. The molecule has 0 fully saturated rings. The molecule has 0 aromatic heterocycles. The first-order valence-corrected chi connectivity index (χ1v) is 6.84. The molecule has 2 aromatic rings. The van der Waals surface area contributed by atoms with E-state index >= 15 is 0 Å². The van der Waals surface area contributed by atoms with Gasteiger partial charge in [0.2, 0.25) is 0 Å². The SMILES string of the molecule is CN(C)c1cccc2c1C(=O)N(c1ccccc1F)C2C#N. The first-order valence-electron chi connectivity index (χ1n) is 6.84. The van der Waals surface area contributed by atoms with Crippen LogP contribution in [-0.2, 0) is 0 Å². The van der Waals surface area contributed by atoms with E-state index in [0.29, 0.717) is 11.1 Å². The maximum Gasteiger partial charge on any atom is 0.262 e. The standard InChI is InChI=1S/C17H14FN3O/c1-20(2)14-9-5-6-11-15(10-19)21(17(22)16(11)14)13-8-4-3-7-12(13)18/h3-9,15H,1-2H3. The van der Waals surface area contributed by atoms with Gasteiger partial charge >= 0.3 is 0 Å². The second kappa shape index (κ2) is 5.15. The number of halogens is 1. The van der Waals surface area contributed by atoms with Gasteiger partial charge in [0.1, 0.15) is 5.82 Å². The van der Waals surface area contributed by atoms with Crippen LogP contribution in [0.2, 0.25) is 0 Å². The third-order valence-corrected chi connectivity index (χ3v) is 3.78. The number of nitrogens with zero attached hydrogens (tertiary/aromatic N) is 3. The Kier molecular flexibility index (Phi) is 3.30. The molecular formula is C17H14FN3O. The smallest absolute Gasteiger partial charge is 0.262 e. The van der Waals surface area contributed by atoms with Gasteiger partial charge in [-0.05, 0) is 18.2 Å². The number of hydrogen-bond acceptors (Lipinski definition) is 3. The van der Waals surface area contributed by atoms with Gasteiger partial charge in [-0.2, -0.15) is 5.26 Å². The lowest BCUT2D eigenvalue weighted by atomic mass is 10.0. The molecule has 0 spiro atoms. The molecule has 0 radical (unpaired) electrons. The summed E-state index contributed by atoms with van der Waals surface area (Å²) in [4.78, 5) is 15.9. The molecule has 1 aliphatic rings. The van der Waals surface area contributed by atoms with Gasteiger partial charge in [0.25, 0.3) is 5.91 Å². The zero-order chi connectivity index (χ0) is 15.9. The van der Waals surface area contributed by atoms with Crippen LogP contribution in [0.4, 0.5) is 15.8 Å². The number of benzene rings is 2. The summed E-state index contributed by atoms with van der Waals surface area (Å²) in [5.41, 5.74) is 1.92. The van der Waals surface area contributed by atoms with Gasteiger partial charge in [-0.1, -0.05) is 24.3 Å². The number of anilines is 2. The third kappa shape index (κ3) is 1.92. The molecule has 1 unspecified atom stereocenters. The van der Waals surface area contributed by atoms with Crippen LogP contribution in [0.1, 0.15) is 22.0 Å². The Morgan fingerprint density at radius 2 is 1.91 bits per heavy atom. The predicted molar refractivity (Wildman–Crippen MR) is 82.3 cm³/mol. The molecule has 3 rings (SSSR count). The summed E-state index contributed by atoms with van der Waals surface area (Å²) in [5, 5.41) is 9.50. The number of rotatable bonds is 2. The van der Waals surface area contributed by atoms with Crippen molar-refractivity contribution in [3.8, 4) is 6.07 Å². The predicted octanol–water partition coefficient (Wildman–Crippen LogP) is 3.12. The highest BCUT2D eigenvalue weighted by molar-refractivity contribution is 6.15. The number of fused-ring (bicyclic) bond motifs is 1. The average molecular weight is 295 g/mol. The first-order chi connectivity index (χ1) is 10.6. The minimum Gasteiger partial charge on any atom is -0.377 e. The second-order valence-corrected chi connectivity index (χ2v) is 5.29. The van der Waals surface area contributed by atoms with Gasteiger partial charge in [-0.3, -0.25) is 9.69 Å². The van der Waals surface area contributed by atoms with Gasteiger partial charge in [0.05, 0.1) is 17.3 Å². The van der Waals surface area contributed by atoms with Crippen molar-refractivity contribution in [3.63, 3.8) is 0 Å². The van der Waals surface area contributed by atoms with E-state index in [1.165, 1.54) is 17.0 Å². The molecule has 5 heteroatoms. The lowest BCUT2D eigenvalue weighted by Gasteiger charge is -2.20.